The van der Waals surface area contributed by atoms with E-state index in [0.717, 1.165) is 37.2 Å². The summed E-state index contributed by atoms with van der Waals surface area (Å²) in [4.78, 5) is 0. The summed E-state index contributed by atoms with van der Waals surface area (Å²) in [6.45, 7) is 9.24. The highest BCUT2D eigenvalue weighted by Crippen LogP contribution is 2.30. The molecule has 0 spiro atoms. The maximum Gasteiger partial charge on any atom is 0.105 e. The zero-order valence-corrected chi connectivity index (χ0v) is 12.5. The quantitative estimate of drug-likeness (QED) is 0.850. The van der Waals surface area contributed by atoms with Crippen molar-refractivity contribution >= 4 is 0 Å². The predicted octanol–water partition coefficient (Wildman–Crippen LogP) is 3.75. The summed E-state index contributed by atoms with van der Waals surface area (Å²) in [6, 6.07) is 2.63. The molecule has 108 valence electrons. The van der Waals surface area contributed by atoms with Gasteiger partial charge in [-0.15, -0.1) is 0 Å². The van der Waals surface area contributed by atoms with Crippen molar-refractivity contribution in [1.82, 2.24) is 5.32 Å². The SMILES string of the molecule is CCCNC(CC1CCOCC1)c1cc(C)oc1C. The van der Waals surface area contributed by atoms with Crippen LogP contribution in [0.3, 0.4) is 0 Å². The van der Waals surface area contributed by atoms with Crippen molar-refractivity contribution in [3.05, 3.63) is 23.2 Å². The van der Waals surface area contributed by atoms with E-state index < -0.39 is 0 Å². The zero-order chi connectivity index (χ0) is 13.7. The van der Waals surface area contributed by atoms with Crippen LogP contribution in [0.5, 0.6) is 0 Å². The van der Waals surface area contributed by atoms with Gasteiger partial charge in [-0.05, 0) is 58.1 Å². The lowest BCUT2D eigenvalue weighted by Gasteiger charge is -2.27. The molecule has 1 aliphatic rings. The molecular weight excluding hydrogens is 238 g/mol. The molecule has 1 aliphatic heterocycles. The molecule has 19 heavy (non-hydrogen) atoms. The van der Waals surface area contributed by atoms with Crippen LogP contribution in [0.25, 0.3) is 0 Å². The molecule has 1 aromatic rings. The summed E-state index contributed by atoms with van der Waals surface area (Å²) < 4.78 is 11.2. The molecule has 2 heterocycles. The van der Waals surface area contributed by atoms with E-state index in [1.807, 2.05) is 6.92 Å². The average Bonchev–Trinajstić information content (AvgIpc) is 2.75. The Bertz CT molecular complexity index is 380. The summed E-state index contributed by atoms with van der Waals surface area (Å²) in [5.41, 5.74) is 1.34. The third-order valence-electron chi connectivity index (χ3n) is 4.01. The normalized spacial score (nSPS) is 18.7. The number of hydrogen-bond donors (Lipinski definition) is 1. The fourth-order valence-electron chi connectivity index (χ4n) is 2.95. The molecule has 3 heteroatoms. The fourth-order valence-corrected chi connectivity index (χ4v) is 2.95. The summed E-state index contributed by atoms with van der Waals surface area (Å²) in [5.74, 6) is 2.86. The molecule has 0 saturated carbocycles. The lowest BCUT2D eigenvalue weighted by Crippen LogP contribution is -2.27. The van der Waals surface area contributed by atoms with Gasteiger partial charge in [-0.25, -0.2) is 0 Å². The van der Waals surface area contributed by atoms with Crippen molar-refractivity contribution in [3.8, 4) is 0 Å². The average molecular weight is 265 g/mol. The summed E-state index contributed by atoms with van der Waals surface area (Å²) >= 11 is 0. The molecule has 0 amide bonds. The highest BCUT2D eigenvalue weighted by Gasteiger charge is 2.22. The number of aryl methyl sites for hydroxylation is 2. The molecule has 0 radical (unpaired) electrons. The summed E-state index contributed by atoms with van der Waals surface area (Å²) in [7, 11) is 0. The van der Waals surface area contributed by atoms with Crippen molar-refractivity contribution in [3.63, 3.8) is 0 Å². The first kappa shape index (κ1) is 14.6. The van der Waals surface area contributed by atoms with Gasteiger partial charge < -0.3 is 14.5 Å². The Morgan fingerprint density at radius 2 is 2.05 bits per heavy atom. The van der Waals surface area contributed by atoms with Gasteiger partial charge in [0, 0.05) is 24.8 Å². The molecule has 0 bridgehead atoms. The smallest absolute Gasteiger partial charge is 0.105 e. The topological polar surface area (TPSA) is 34.4 Å². The number of rotatable bonds is 6. The van der Waals surface area contributed by atoms with Crippen LogP contribution in [0.15, 0.2) is 10.5 Å². The summed E-state index contributed by atoms with van der Waals surface area (Å²) in [5, 5.41) is 3.69. The lowest BCUT2D eigenvalue weighted by atomic mass is 9.89. The van der Waals surface area contributed by atoms with Crippen molar-refractivity contribution in [2.24, 2.45) is 5.92 Å². The van der Waals surface area contributed by atoms with Crippen molar-refractivity contribution in [1.29, 1.82) is 0 Å². The molecule has 1 aromatic heterocycles. The van der Waals surface area contributed by atoms with Crippen LogP contribution in [-0.4, -0.2) is 19.8 Å². The van der Waals surface area contributed by atoms with Crippen LogP contribution in [0, 0.1) is 19.8 Å². The number of furan rings is 1. The van der Waals surface area contributed by atoms with Crippen LogP contribution in [0.1, 0.15) is 55.7 Å². The van der Waals surface area contributed by atoms with Gasteiger partial charge in [-0.2, -0.15) is 0 Å². The second-order valence-corrected chi connectivity index (χ2v) is 5.67. The Morgan fingerprint density at radius 1 is 1.32 bits per heavy atom. The van der Waals surface area contributed by atoms with E-state index in [-0.39, 0.29) is 0 Å². The highest BCUT2D eigenvalue weighted by atomic mass is 16.5. The van der Waals surface area contributed by atoms with Crippen LogP contribution in [0.2, 0.25) is 0 Å². The van der Waals surface area contributed by atoms with Gasteiger partial charge in [0.25, 0.3) is 0 Å². The molecule has 1 fully saturated rings. The minimum absolute atomic E-state index is 0.431. The molecule has 1 atom stereocenters. The number of hydrogen-bond acceptors (Lipinski definition) is 3. The first-order chi connectivity index (χ1) is 9.20. The van der Waals surface area contributed by atoms with E-state index in [1.54, 1.807) is 0 Å². The second kappa shape index (κ2) is 7.11. The Kier molecular flexibility index (Phi) is 5.46. The van der Waals surface area contributed by atoms with Gasteiger partial charge in [0.05, 0.1) is 0 Å². The van der Waals surface area contributed by atoms with E-state index in [9.17, 15) is 0 Å². The van der Waals surface area contributed by atoms with E-state index in [4.69, 9.17) is 9.15 Å². The number of ether oxygens (including phenoxy) is 1. The van der Waals surface area contributed by atoms with E-state index in [0.29, 0.717) is 6.04 Å². The maximum atomic E-state index is 5.70. The second-order valence-electron chi connectivity index (χ2n) is 5.67. The van der Waals surface area contributed by atoms with Gasteiger partial charge in [0.2, 0.25) is 0 Å². The minimum atomic E-state index is 0.431. The monoisotopic (exact) mass is 265 g/mol. The molecule has 3 nitrogen and oxygen atoms in total. The zero-order valence-electron chi connectivity index (χ0n) is 12.5. The van der Waals surface area contributed by atoms with Gasteiger partial charge in [-0.3, -0.25) is 0 Å². The Morgan fingerprint density at radius 3 is 2.63 bits per heavy atom. The molecule has 1 N–H and O–H groups in total. The Labute approximate surface area is 116 Å². The van der Waals surface area contributed by atoms with Crippen LogP contribution in [-0.2, 0) is 4.74 Å². The van der Waals surface area contributed by atoms with Crippen molar-refractivity contribution in [2.75, 3.05) is 19.8 Å². The van der Waals surface area contributed by atoms with E-state index in [2.05, 4.69) is 25.2 Å². The van der Waals surface area contributed by atoms with Crippen LogP contribution in [0.4, 0.5) is 0 Å². The largest absolute Gasteiger partial charge is 0.466 e. The lowest BCUT2D eigenvalue weighted by molar-refractivity contribution is 0.0604. The minimum Gasteiger partial charge on any atom is -0.466 e. The number of nitrogens with one attached hydrogen (secondary N) is 1. The van der Waals surface area contributed by atoms with Crippen molar-refractivity contribution < 1.29 is 9.15 Å². The Balaban J connectivity index is 2.04. The Hall–Kier alpha value is -0.800. The molecule has 2 rings (SSSR count). The van der Waals surface area contributed by atoms with Gasteiger partial charge in [0.1, 0.15) is 11.5 Å². The van der Waals surface area contributed by atoms with Gasteiger partial charge in [0.15, 0.2) is 0 Å². The van der Waals surface area contributed by atoms with Crippen LogP contribution >= 0.6 is 0 Å². The molecular formula is C16H27NO2. The third-order valence-corrected chi connectivity index (χ3v) is 4.01. The van der Waals surface area contributed by atoms with Crippen molar-refractivity contribution in [2.45, 2.75) is 52.5 Å². The molecule has 1 unspecified atom stereocenters. The van der Waals surface area contributed by atoms with Gasteiger partial charge >= 0.3 is 0 Å². The van der Waals surface area contributed by atoms with E-state index >= 15 is 0 Å². The first-order valence-corrected chi connectivity index (χ1v) is 7.58. The van der Waals surface area contributed by atoms with E-state index in [1.165, 1.54) is 31.2 Å². The van der Waals surface area contributed by atoms with Gasteiger partial charge in [-0.1, -0.05) is 6.92 Å². The standard InChI is InChI=1S/C16H27NO2/c1-4-7-17-16(11-14-5-8-18-9-6-14)15-10-12(2)19-13(15)3/h10,14,16-17H,4-9,11H2,1-3H3. The first-order valence-electron chi connectivity index (χ1n) is 7.58. The highest BCUT2D eigenvalue weighted by molar-refractivity contribution is 5.24. The maximum absolute atomic E-state index is 5.70. The molecule has 0 aromatic carbocycles. The molecule has 1 saturated heterocycles. The third kappa shape index (κ3) is 4.08. The van der Waals surface area contributed by atoms with Crippen LogP contribution < -0.4 is 5.32 Å². The predicted molar refractivity (Wildman–Crippen MR) is 77.4 cm³/mol. The fraction of sp³-hybridized carbons (Fsp3) is 0.750. The summed E-state index contributed by atoms with van der Waals surface area (Å²) in [6.07, 6.45) is 4.75. The molecule has 0 aliphatic carbocycles.